The van der Waals surface area contributed by atoms with Crippen LogP contribution < -0.4 is 10.6 Å². The van der Waals surface area contributed by atoms with Crippen molar-refractivity contribution in [3.63, 3.8) is 0 Å². The van der Waals surface area contributed by atoms with Gasteiger partial charge in [0.1, 0.15) is 6.61 Å². The molecule has 0 aliphatic heterocycles. The molecule has 0 saturated carbocycles. The Morgan fingerprint density at radius 3 is 2.70 bits per heavy atom. The molecule has 0 aromatic heterocycles. The molecule has 0 aliphatic carbocycles. The second kappa shape index (κ2) is 6.51. The van der Waals surface area contributed by atoms with Crippen LogP contribution in [0.15, 0.2) is 0 Å². The van der Waals surface area contributed by atoms with Crippen molar-refractivity contribution >= 4 is 5.91 Å². The zero-order chi connectivity index (χ0) is 7.82. The zero-order valence-electron chi connectivity index (χ0n) is 6.44. The highest BCUT2D eigenvalue weighted by Crippen LogP contribution is 1.66. The molecule has 0 saturated heterocycles. The van der Waals surface area contributed by atoms with Crippen LogP contribution in [0.2, 0.25) is 0 Å². The largest absolute Gasteiger partial charge is 0.375 e. The number of methoxy groups -OCH3 is 1. The van der Waals surface area contributed by atoms with E-state index in [1.54, 1.807) is 0 Å². The fourth-order valence-corrected chi connectivity index (χ4v) is 0.509. The monoisotopic (exact) mass is 146 g/mol. The lowest BCUT2D eigenvalue weighted by Gasteiger charge is -2.02. The predicted molar refractivity (Wildman–Crippen MR) is 38.8 cm³/mol. The molecule has 4 heteroatoms. The Bertz CT molecular complexity index is 95.7. The molecule has 1 amide bonds. The van der Waals surface area contributed by atoms with Crippen molar-refractivity contribution < 1.29 is 9.53 Å². The van der Waals surface area contributed by atoms with Crippen molar-refractivity contribution in [1.82, 2.24) is 10.6 Å². The Labute approximate surface area is 60.9 Å². The highest BCUT2D eigenvalue weighted by atomic mass is 16.5. The first kappa shape index (κ1) is 9.39. The van der Waals surface area contributed by atoms with Crippen LogP contribution in [0.3, 0.4) is 0 Å². The second-order valence-corrected chi connectivity index (χ2v) is 1.89. The van der Waals surface area contributed by atoms with Gasteiger partial charge in [0.2, 0.25) is 5.91 Å². The summed E-state index contributed by atoms with van der Waals surface area (Å²) in [5, 5.41) is 5.57. The third-order valence-electron chi connectivity index (χ3n) is 0.973. The first-order valence-electron chi connectivity index (χ1n) is 3.21. The molecule has 0 bridgehead atoms. The SMILES string of the molecule is CNCCNC(=O)COC. The number of carbonyl (C=O) groups excluding carboxylic acids is 1. The average molecular weight is 146 g/mol. The number of hydrogen-bond acceptors (Lipinski definition) is 3. The summed E-state index contributed by atoms with van der Waals surface area (Å²) in [6, 6.07) is 0. The number of nitrogens with one attached hydrogen (secondary N) is 2. The molecular weight excluding hydrogens is 132 g/mol. The van der Waals surface area contributed by atoms with Crippen molar-refractivity contribution in [2.24, 2.45) is 0 Å². The quantitative estimate of drug-likeness (QED) is 0.487. The number of rotatable bonds is 5. The van der Waals surface area contributed by atoms with Crippen molar-refractivity contribution in [2.75, 3.05) is 33.9 Å². The molecule has 4 nitrogen and oxygen atoms in total. The molecule has 10 heavy (non-hydrogen) atoms. The van der Waals surface area contributed by atoms with E-state index < -0.39 is 0 Å². The Morgan fingerprint density at radius 1 is 1.50 bits per heavy atom. The fraction of sp³-hybridized carbons (Fsp3) is 0.833. The van der Waals surface area contributed by atoms with Crippen LogP contribution in [0.4, 0.5) is 0 Å². The molecular formula is C6H14N2O2. The van der Waals surface area contributed by atoms with Gasteiger partial charge in [-0.05, 0) is 7.05 Å². The normalized spacial score (nSPS) is 9.40. The molecule has 60 valence electrons. The van der Waals surface area contributed by atoms with Gasteiger partial charge in [-0.15, -0.1) is 0 Å². The molecule has 0 unspecified atom stereocenters. The van der Waals surface area contributed by atoms with Gasteiger partial charge in [-0.25, -0.2) is 0 Å². The van der Waals surface area contributed by atoms with E-state index in [0.717, 1.165) is 6.54 Å². The van der Waals surface area contributed by atoms with Crippen LogP contribution in [0.5, 0.6) is 0 Å². The van der Waals surface area contributed by atoms with E-state index in [1.807, 2.05) is 7.05 Å². The molecule has 2 N–H and O–H groups in total. The van der Waals surface area contributed by atoms with Crippen LogP contribution in [-0.2, 0) is 9.53 Å². The van der Waals surface area contributed by atoms with Crippen LogP contribution in [-0.4, -0.2) is 39.8 Å². The number of hydrogen-bond donors (Lipinski definition) is 2. The standard InChI is InChI=1S/C6H14N2O2/c1-7-3-4-8-6(9)5-10-2/h7H,3-5H2,1-2H3,(H,8,9). The van der Waals surface area contributed by atoms with Gasteiger partial charge in [0.05, 0.1) is 0 Å². The summed E-state index contributed by atoms with van der Waals surface area (Å²) < 4.78 is 4.60. The number of amides is 1. The number of ether oxygens (including phenoxy) is 1. The Balaban J connectivity index is 3.05. The molecule has 0 aliphatic rings. The Kier molecular flexibility index (Phi) is 6.11. The number of carbonyl (C=O) groups is 1. The van der Waals surface area contributed by atoms with E-state index in [0.29, 0.717) is 6.54 Å². The van der Waals surface area contributed by atoms with Crippen molar-refractivity contribution in [2.45, 2.75) is 0 Å². The van der Waals surface area contributed by atoms with Gasteiger partial charge in [0.25, 0.3) is 0 Å². The van der Waals surface area contributed by atoms with Crippen molar-refractivity contribution in [3.05, 3.63) is 0 Å². The van der Waals surface area contributed by atoms with Crippen molar-refractivity contribution in [1.29, 1.82) is 0 Å². The van der Waals surface area contributed by atoms with Crippen LogP contribution >= 0.6 is 0 Å². The molecule has 0 aromatic rings. The first-order valence-corrected chi connectivity index (χ1v) is 3.21. The third kappa shape index (κ3) is 5.53. The Morgan fingerprint density at radius 2 is 2.20 bits per heavy atom. The van der Waals surface area contributed by atoms with Gasteiger partial charge >= 0.3 is 0 Å². The van der Waals surface area contributed by atoms with Gasteiger partial charge in [-0.1, -0.05) is 0 Å². The van der Waals surface area contributed by atoms with Gasteiger partial charge < -0.3 is 15.4 Å². The summed E-state index contributed by atoms with van der Waals surface area (Å²) >= 11 is 0. The van der Waals surface area contributed by atoms with Crippen LogP contribution in [0.1, 0.15) is 0 Å². The second-order valence-electron chi connectivity index (χ2n) is 1.89. The summed E-state index contributed by atoms with van der Waals surface area (Å²) in [5.74, 6) is -0.0715. The molecule has 0 atom stereocenters. The summed E-state index contributed by atoms with van der Waals surface area (Å²) in [6.45, 7) is 1.58. The maximum atomic E-state index is 10.7. The molecule has 0 radical (unpaired) electrons. The fourth-order valence-electron chi connectivity index (χ4n) is 0.509. The smallest absolute Gasteiger partial charge is 0.246 e. The summed E-state index contributed by atoms with van der Waals surface area (Å²) in [5.41, 5.74) is 0. The lowest BCUT2D eigenvalue weighted by Crippen LogP contribution is -2.32. The van der Waals surface area contributed by atoms with Gasteiger partial charge in [0.15, 0.2) is 0 Å². The molecule has 0 aromatic carbocycles. The van der Waals surface area contributed by atoms with Gasteiger partial charge in [0, 0.05) is 20.2 Å². The van der Waals surface area contributed by atoms with Crippen LogP contribution in [0.25, 0.3) is 0 Å². The highest BCUT2D eigenvalue weighted by molar-refractivity contribution is 5.77. The minimum Gasteiger partial charge on any atom is -0.375 e. The van der Waals surface area contributed by atoms with Gasteiger partial charge in [-0.2, -0.15) is 0 Å². The van der Waals surface area contributed by atoms with E-state index in [9.17, 15) is 4.79 Å². The molecule has 0 heterocycles. The zero-order valence-corrected chi connectivity index (χ0v) is 6.44. The van der Waals surface area contributed by atoms with E-state index >= 15 is 0 Å². The van der Waals surface area contributed by atoms with E-state index in [1.165, 1.54) is 7.11 Å². The topological polar surface area (TPSA) is 50.4 Å². The minimum absolute atomic E-state index is 0.0715. The van der Waals surface area contributed by atoms with E-state index in [-0.39, 0.29) is 12.5 Å². The first-order chi connectivity index (χ1) is 4.81. The van der Waals surface area contributed by atoms with Crippen LogP contribution in [0, 0.1) is 0 Å². The number of likely N-dealkylation sites (N-methyl/N-ethyl adjacent to an activating group) is 1. The molecule has 0 spiro atoms. The van der Waals surface area contributed by atoms with E-state index in [4.69, 9.17) is 0 Å². The lowest BCUT2D eigenvalue weighted by atomic mass is 10.5. The average Bonchev–Trinajstić information content (AvgIpc) is 1.89. The third-order valence-corrected chi connectivity index (χ3v) is 0.973. The molecule has 0 rings (SSSR count). The summed E-state index contributed by atoms with van der Waals surface area (Å²) in [4.78, 5) is 10.7. The highest BCUT2D eigenvalue weighted by Gasteiger charge is 1.95. The maximum Gasteiger partial charge on any atom is 0.246 e. The van der Waals surface area contributed by atoms with Crippen molar-refractivity contribution in [3.8, 4) is 0 Å². The Hall–Kier alpha value is -0.610. The predicted octanol–water partition coefficient (Wildman–Crippen LogP) is -1.03. The van der Waals surface area contributed by atoms with E-state index in [2.05, 4.69) is 15.4 Å². The summed E-state index contributed by atoms with van der Waals surface area (Å²) in [6.07, 6.45) is 0. The maximum absolute atomic E-state index is 10.7. The molecule has 0 fully saturated rings. The summed E-state index contributed by atoms with van der Waals surface area (Å²) in [7, 11) is 3.33. The lowest BCUT2D eigenvalue weighted by molar-refractivity contribution is -0.124. The van der Waals surface area contributed by atoms with Gasteiger partial charge in [-0.3, -0.25) is 4.79 Å². The minimum atomic E-state index is -0.0715.